The van der Waals surface area contributed by atoms with E-state index in [1.165, 1.54) is 77.2 Å². The molecule has 21 heavy (non-hydrogen) atoms. The summed E-state index contributed by atoms with van der Waals surface area (Å²) >= 11 is 0. The summed E-state index contributed by atoms with van der Waals surface area (Å²) in [6.07, 6.45) is 16.0. The Labute approximate surface area is 134 Å². The Bertz CT molecular complexity index is 236. The quantitative estimate of drug-likeness (QED) is 0.449. The molecule has 1 aliphatic rings. The molecule has 0 radical (unpaired) electrons. The Kier molecular flexibility index (Phi) is 10.4. The normalized spacial score (nSPS) is 26.4. The highest BCUT2D eigenvalue weighted by molar-refractivity contribution is 4.82. The fraction of sp³-hybridized carbons (Fsp3) is 1.00. The van der Waals surface area contributed by atoms with Gasteiger partial charge in [-0.1, -0.05) is 85.5 Å². The van der Waals surface area contributed by atoms with Crippen molar-refractivity contribution in [2.45, 2.75) is 104 Å². The Morgan fingerprint density at radius 3 is 2.29 bits per heavy atom. The lowest BCUT2D eigenvalue weighted by molar-refractivity contribution is 0.154. The van der Waals surface area contributed by atoms with Crippen molar-refractivity contribution in [3.63, 3.8) is 0 Å². The predicted molar refractivity (Wildman–Crippen MR) is 95.7 cm³/mol. The van der Waals surface area contributed by atoms with Crippen molar-refractivity contribution in [2.24, 2.45) is 17.8 Å². The van der Waals surface area contributed by atoms with Crippen LogP contribution in [-0.4, -0.2) is 12.6 Å². The fourth-order valence-corrected chi connectivity index (χ4v) is 4.11. The van der Waals surface area contributed by atoms with Crippen LogP contribution in [0.2, 0.25) is 0 Å². The van der Waals surface area contributed by atoms with Gasteiger partial charge in [0.25, 0.3) is 0 Å². The molecule has 0 aromatic heterocycles. The van der Waals surface area contributed by atoms with E-state index in [-0.39, 0.29) is 0 Å². The first-order valence-electron chi connectivity index (χ1n) is 9.90. The summed E-state index contributed by atoms with van der Waals surface area (Å²) in [5.41, 5.74) is 0. The molecule has 1 nitrogen and oxygen atoms in total. The van der Waals surface area contributed by atoms with Crippen molar-refractivity contribution in [2.75, 3.05) is 6.54 Å². The molecule has 1 fully saturated rings. The van der Waals surface area contributed by atoms with Crippen LogP contribution in [0.25, 0.3) is 0 Å². The van der Waals surface area contributed by atoms with Crippen LogP contribution in [0.1, 0.15) is 98.3 Å². The summed E-state index contributed by atoms with van der Waals surface area (Å²) in [5, 5.41) is 3.70. The summed E-state index contributed by atoms with van der Waals surface area (Å²) in [5.74, 6) is 2.99. The van der Waals surface area contributed by atoms with Crippen molar-refractivity contribution in [1.29, 1.82) is 0 Å². The Morgan fingerprint density at radius 2 is 1.62 bits per heavy atom. The van der Waals surface area contributed by atoms with Crippen LogP contribution in [0.4, 0.5) is 0 Å². The highest BCUT2D eigenvalue weighted by atomic mass is 14.9. The van der Waals surface area contributed by atoms with Gasteiger partial charge in [0.1, 0.15) is 0 Å². The van der Waals surface area contributed by atoms with Crippen molar-refractivity contribution < 1.29 is 0 Å². The average molecular weight is 296 g/mol. The first kappa shape index (κ1) is 19.0. The fourth-order valence-electron chi connectivity index (χ4n) is 4.11. The minimum atomic E-state index is 0.642. The zero-order valence-electron chi connectivity index (χ0n) is 15.3. The maximum Gasteiger partial charge on any atom is 0.00104 e. The highest BCUT2D eigenvalue weighted by Gasteiger charge is 2.29. The zero-order valence-corrected chi connectivity index (χ0v) is 15.3. The molecule has 1 saturated carbocycles. The molecule has 0 amide bonds. The van der Waals surface area contributed by atoms with Gasteiger partial charge in [-0.15, -0.1) is 0 Å². The average Bonchev–Trinajstić information content (AvgIpc) is 2.46. The van der Waals surface area contributed by atoms with Gasteiger partial charge in [-0.3, -0.25) is 0 Å². The Morgan fingerprint density at radius 1 is 0.857 bits per heavy atom. The predicted octanol–water partition coefficient (Wildman–Crippen LogP) is 6.18. The molecule has 3 unspecified atom stereocenters. The molecule has 3 atom stereocenters. The number of hydrogen-bond acceptors (Lipinski definition) is 1. The van der Waals surface area contributed by atoms with Gasteiger partial charge >= 0.3 is 0 Å². The van der Waals surface area contributed by atoms with Crippen LogP contribution < -0.4 is 5.32 Å². The summed E-state index contributed by atoms with van der Waals surface area (Å²) in [7, 11) is 0. The molecule has 0 aromatic rings. The van der Waals surface area contributed by atoms with Gasteiger partial charge < -0.3 is 5.32 Å². The van der Waals surface area contributed by atoms with E-state index >= 15 is 0 Å². The second kappa shape index (κ2) is 11.5. The molecular formula is C20H41N. The third kappa shape index (κ3) is 8.24. The van der Waals surface area contributed by atoms with E-state index in [1.807, 2.05) is 0 Å². The second-order valence-corrected chi connectivity index (χ2v) is 7.75. The maximum atomic E-state index is 3.70. The number of unbranched alkanes of at least 4 members (excludes halogenated alkanes) is 4. The zero-order chi connectivity index (χ0) is 15.5. The van der Waals surface area contributed by atoms with Crippen molar-refractivity contribution >= 4 is 0 Å². The summed E-state index contributed by atoms with van der Waals surface area (Å²) < 4.78 is 0. The molecule has 0 aromatic carbocycles. The van der Waals surface area contributed by atoms with Crippen LogP contribution in [0.5, 0.6) is 0 Å². The van der Waals surface area contributed by atoms with E-state index in [0.717, 1.165) is 17.8 Å². The van der Waals surface area contributed by atoms with Gasteiger partial charge in [0.05, 0.1) is 0 Å². The lowest BCUT2D eigenvalue weighted by Crippen LogP contribution is -2.36. The third-order valence-corrected chi connectivity index (χ3v) is 5.41. The van der Waals surface area contributed by atoms with Crippen molar-refractivity contribution in [3.8, 4) is 0 Å². The molecule has 0 saturated heterocycles. The molecule has 1 aliphatic carbocycles. The SMILES string of the molecule is CCCCCCCC1CC(CCC)CCC1CNC(C)C. The molecule has 1 rings (SSSR count). The van der Waals surface area contributed by atoms with E-state index < -0.39 is 0 Å². The first-order chi connectivity index (χ1) is 10.2. The molecule has 0 heterocycles. The maximum absolute atomic E-state index is 3.70. The van der Waals surface area contributed by atoms with Crippen LogP contribution in [0.15, 0.2) is 0 Å². The minimum Gasteiger partial charge on any atom is -0.314 e. The van der Waals surface area contributed by atoms with E-state index in [4.69, 9.17) is 0 Å². The van der Waals surface area contributed by atoms with E-state index in [2.05, 4.69) is 33.0 Å². The number of nitrogens with one attached hydrogen (secondary N) is 1. The second-order valence-electron chi connectivity index (χ2n) is 7.75. The van der Waals surface area contributed by atoms with E-state index in [9.17, 15) is 0 Å². The largest absolute Gasteiger partial charge is 0.314 e. The lowest BCUT2D eigenvalue weighted by Gasteiger charge is -2.37. The van der Waals surface area contributed by atoms with Gasteiger partial charge in [0, 0.05) is 6.04 Å². The lowest BCUT2D eigenvalue weighted by atomic mass is 9.71. The van der Waals surface area contributed by atoms with Crippen LogP contribution >= 0.6 is 0 Å². The Balaban J connectivity index is 2.36. The van der Waals surface area contributed by atoms with Gasteiger partial charge in [-0.2, -0.15) is 0 Å². The Hall–Kier alpha value is -0.0400. The standard InChI is InChI=1S/C20H41N/c1-5-7-8-9-10-12-19-15-18(11-6-2)13-14-20(19)16-21-17(3)4/h17-21H,5-16H2,1-4H3. The van der Waals surface area contributed by atoms with E-state index in [0.29, 0.717) is 6.04 Å². The molecule has 0 aliphatic heterocycles. The summed E-state index contributed by atoms with van der Waals surface area (Å²) in [6.45, 7) is 10.5. The molecule has 126 valence electrons. The molecule has 1 heteroatoms. The number of rotatable bonds is 11. The molecule has 0 spiro atoms. The van der Waals surface area contributed by atoms with Crippen LogP contribution in [0, 0.1) is 17.8 Å². The molecule has 0 bridgehead atoms. The van der Waals surface area contributed by atoms with Gasteiger partial charge in [-0.05, 0) is 37.1 Å². The minimum absolute atomic E-state index is 0.642. The number of hydrogen-bond donors (Lipinski definition) is 1. The van der Waals surface area contributed by atoms with Crippen molar-refractivity contribution in [1.82, 2.24) is 5.32 Å². The topological polar surface area (TPSA) is 12.0 Å². The first-order valence-corrected chi connectivity index (χ1v) is 9.90. The smallest absolute Gasteiger partial charge is 0.00104 e. The van der Waals surface area contributed by atoms with Crippen LogP contribution in [-0.2, 0) is 0 Å². The summed E-state index contributed by atoms with van der Waals surface area (Å²) in [6, 6.07) is 0.642. The van der Waals surface area contributed by atoms with Gasteiger partial charge in [0.2, 0.25) is 0 Å². The van der Waals surface area contributed by atoms with Gasteiger partial charge in [0.15, 0.2) is 0 Å². The monoisotopic (exact) mass is 295 g/mol. The van der Waals surface area contributed by atoms with E-state index in [1.54, 1.807) is 0 Å². The third-order valence-electron chi connectivity index (χ3n) is 5.41. The molecular weight excluding hydrogens is 254 g/mol. The molecule has 1 N–H and O–H groups in total. The summed E-state index contributed by atoms with van der Waals surface area (Å²) in [4.78, 5) is 0. The van der Waals surface area contributed by atoms with Gasteiger partial charge in [-0.25, -0.2) is 0 Å². The van der Waals surface area contributed by atoms with Crippen LogP contribution in [0.3, 0.4) is 0 Å². The van der Waals surface area contributed by atoms with Crippen molar-refractivity contribution in [3.05, 3.63) is 0 Å². The highest BCUT2D eigenvalue weighted by Crippen LogP contribution is 2.38.